The molecule has 0 aromatic rings. The van der Waals surface area contributed by atoms with Crippen LogP contribution in [0, 0.1) is 0 Å². The average molecular weight is 406 g/mol. The summed E-state index contributed by atoms with van der Waals surface area (Å²) < 4.78 is 0. The van der Waals surface area contributed by atoms with Crippen molar-refractivity contribution in [2.75, 3.05) is 0 Å². The molecule has 0 bridgehead atoms. The number of rotatable bonds is 0. The van der Waals surface area contributed by atoms with Gasteiger partial charge in [-0.2, -0.15) is 0 Å². The SMILES string of the molecule is O=C([O-])[O-].[Cs+].[Cs+].[KH].[KH]. The molecular formula is CH2Cs2K2O3. The number of hydrogen-bond donors (Lipinski definition) is 0. The van der Waals surface area contributed by atoms with Crippen molar-refractivity contribution in [1.29, 1.82) is 0 Å². The molecule has 28 valence electrons. The second-order valence-corrected chi connectivity index (χ2v) is 0.250. The van der Waals surface area contributed by atoms with Gasteiger partial charge in [-0.1, -0.05) is 0 Å². The fourth-order valence-corrected chi connectivity index (χ4v) is 0. The van der Waals surface area contributed by atoms with E-state index in [0.717, 1.165) is 0 Å². The zero-order chi connectivity index (χ0) is 3.58. The maximum absolute atomic E-state index is 8.33. The molecule has 0 spiro atoms. The molecular weight excluding hydrogens is 404 g/mol. The van der Waals surface area contributed by atoms with E-state index in [2.05, 4.69) is 0 Å². The van der Waals surface area contributed by atoms with Gasteiger partial charge in [0.05, 0.1) is 0 Å². The zero-order valence-electron chi connectivity index (χ0n) is 3.72. The van der Waals surface area contributed by atoms with Crippen LogP contribution < -0.4 is 148 Å². The van der Waals surface area contributed by atoms with Gasteiger partial charge in [-0.05, 0) is 6.16 Å². The summed E-state index contributed by atoms with van der Waals surface area (Å²) in [5, 5.41) is 16.7. The Balaban J connectivity index is -0.00000000750. The minimum atomic E-state index is -2.33. The third-order valence-corrected chi connectivity index (χ3v) is 0. The van der Waals surface area contributed by atoms with Gasteiger partial charge >= 0.3 is 241 Å². The van der Waals surface area contributed by atoms with Crippen LogP contribution in [0.1, 0.15) is 0 Å². The second-order valence-electron chi connectivity index (χ2n) is 0.250. The van der Waals surface area contributed by atoms with Crippen LogP contribution in [0.2, 0.25) is 0 Å². The molecule has 0 heterocycles. The Bertz CT molecular complexity index is 38.3. The van der Waals surface area contributed by atoms with E-state index in [1.165, 1.54) is 0 Å². The van der Waals surface area contributed by atoms with Crippen LogP contribution in [0.25, 0.3) is 0 Å². The van der Waals surface area contributed by atoms with E-state index in [4.69, 9.17) is 15.0 Å². The molecule has 0 aromatic heterocycles. The van der Waals surface area contributed by atoms with Gasteiger partial charge in [0.2, 0.25) is 0 Å². The van der Waals surface area contributed by atoms with Crippen molar-refractivity contribution < 1.29 is 153 Å². The average Bonchev–Trinajstić information content (AvgIpc) is 0.811. The molecule has 7 heteroatoms. The summed E-state index contributed by atoms with van der Waals surface area (Å²) >= 11 is 0. The first kappa shape index (κ1) is 29.3. The molecule has 0 aliphatic carbocycles. The zero-order valence-corrected chi connectivity index (χ0v) is 16.3. The Kier molecular flexibility index (Phi) is 85.9. The third-order valence-electron chi connectivity index (χ3n) is 0. The summed E-state index contributed by atoms with van der Waals surface area (Å²) in [5.41, 5.74) is 0. The van der Waals surface area contributed by atoms with Gasteiger partial charge in [0.25, 0.3) is 0 Å². The van der Waals surface area contributed by atoms with E-state index in [1.54, 1.807) is 0 Å². The van der Waals surface area contributed by atoms with Crippen LogP contribution in [-0.4, -0.2) is 109 Å². The summed E-state index contributed by atoms with van der Waals surface area (Å²) in [4.78, 5) is 8.33. The number of carboxylic acid groups (broad SMARTS) is 2. The molecule has 0 saturated heterocycles. The summed E-state index contributed by atoms with van der Waals surface area (Å²) in [6.07, 6.45) is -2.33. The number of carbonyl (C=O) groups excluding carboxylic acids is 1. The van der Waals surface area contributed by atoms with Crippen molar-refractivity contribution in [2.24, 2.45) is 0 Å². The van der Waals surface area contributed by atoms with E-state index in [0.29, 0.717) is 0 Å². The Morgan fingerprint density at radius 1 is 1.00 bits per heavy atom. The van der Waals surface area contributed by atoms with Crippen LogP contribution in [0.4, 0.5) is 4.79 Å². The van der Waals surface area contributed by atoms with E-state index < -0.39 is 6.16 Å². The monoisotopic (exact) mass is 406 g/mol. The molecule has 0 aromatic carbocycles. The van der Waals surface area contributed by atoms with Gasteiger partial charge in [-0.15, -0.1) is 0 Å². The molecule has 0 aliphatic heterocycles. The fraction of sp³-hybridized carbons (Fsp3) is 0. The molecule has 0 N–H and O–H groups in total. The quantitative estimate of drug-likeness (QED) is 0.376. The van der Waals surface area contributed by atoms with Crippen molar-refractivity contribution in [3.8, 4) is 0 Å². The van der Waals surface area contributed by atoms with Crippen LogP contribution >= 0.6 is 0 Å². The predicted molar refractivity (Wildman–Crippen MR) is 19.7 cm³/mol. The van der Waals surface area contributed by atoms with E-state index >= 15 is 0 Å². The molecule has 0 saturated carbocycles. The number of hydrogen-bond acceptors (Lipinski definition) is 3. The molecule has 0 fully saturated rings. The van der Waals surface area contributed by atoms with Crippen LogP contribution in [0.15, 0.2) is 0 Å². The standard InChI is InChI=1S/CH2O3.2Cs.2K.2H/c2-1(3)4;;;;;;/h(H2,2,3,4);;;;;;/q;2*+1;;;;/p-2. The van der Waals surface area contributed by atoms with Gasteiger partial charge < -0.3 is 15.0 Å². The summed E-state index contributed by atoms with van der Waals surface area (Å²) in [7, 11) is 0. The van der Waals surface area contributed by atoms with E-state index in [1.807, 2.05) is 0 Å². The molecule has 0 aliphatic rings. The molecule has 0 atom stereocenters. The van der Waals surface area contributed by atoms with Crippen molar-refractivity contribution in [3.63, 3.8) is 0 Å². The molecule has 0 amide bonds. The van der Waals surface area contributed by atoms with Gasteiger partial charge in [-0.25, -0.2) is 0 Å². The summed E-state index contributed by atoms with van der Waals surface area (Å²) in [6, 6.07) is 0. The van der Waals surface area contributed by atoms with Crippen LogP contribution in [-0.2, 0) is 0 Å². The Morgan fingerprint density at radius 3 is 1.00 bits per heavy atom. The predicted octanol–water partition coefficient (Wildman–Crippen LogP) is -9.74. The van der Waals surface area contributed by atoms with Crippen molar-refractivity contribution in [1.82, 2.24) is 0 Å². The Hall–Kier alpha value is 6.65. The molecule has 8 heavy (non-hydrogen) atoms. The van der Waals surface area contributed by atoms with E-state index in [-0.39, 0.29) is 241 Å². The molecule has 0 radical (unpaired) electrons. The molecule has 3 nitrogen and oxygen atoms in total. The first-order valence-corrected chi connectivity index (χ1v) is 0.612. The fourth-order valence-electron chi connectivity index (χ4n) is 0. The van der Waals surface area contributed by atoms with Crippen molar-refractivity contribution >= 4 is 109 Å². The first-order chi connectivity index (χ1) is 1.73. The molecule has 0 unspecified atom stereocenters. The summed E-state index contributed by atoms with van der Waals surface area (Å²) in [6.45, 7) is 0. The van der Waals surface area contributed by atoms with Gasteiger partial charge in [0.15, 0.2) is 0 Å². The number of carbonyl (C=O) groups is 1. The molecule has 0 rings (SSSR count). The van der Waals surface area contributed by atoms with Gasteiger partial charge in [-0.3, -0.25) is 0 Å². The summed E-state index contributed by atoms with van der Waals surface area (Å²) in [5.74, 6) is 0. The topological polar surface area (TPSA) is 63.2 Å². The van der Waals surface area contributed by atoms with Crippen LogP contribution in [0.5, 0.6) is 0 Å². The van der Waals surface area contributed by atoms with E-state index in [9.17, 15) is 0 Å². The van der Waals surface area contributed by atoms with Crippen molar-refractivity contribution in [3.05, 3.63) is 0 Å². The maximum atomic E-state index is 8.33. The minimum absolute atomic E-state index is 0. The third kappa shape index (κ3) is 38.8. The Morgan fingerprint density at radius 2 is 1.00 bits per heavy atom. The van der Waals surface area contributed by atoms with Gasteiger partial charge in [0, 0.05) is 0 Å². The normalized spacial score (nSPS) is 3.00. The first-order valence-electron chi connectivity index (χ1n) is 0.612. The Labute approximate surface area is 251 Å². The van der Waals surface area contributed by atoms with Crippen molar-refractivity contribution in [2.45, 2.75) is 0 Å². The van der Waals surface area contributed by atoms with Gasteiger partial charge in [0.1, 0.15) is 0 Å². The second kappa shape index (κ2) is 23.5. The van der Waals surface area contributed by atoms with Crippen LogP contribution in [0.3, 0.4) is 0 Å².